The van der Waals surface area contributed by atoms with Crippen LogP contribution in [0.25, 0.3) is 0 Å². The predicted molar refractivity (Wildman–Crippen MR) is 61.8 cm³/mol. The first-order chi connectivity index (χ1) is 8.58. The Morgan fingerprint density at radius 1 is 1.33 bits per heavy atom. The summed E-state index contributed by atoms with van der Waals surface area (Å²) in [6, 6.07) is 5.93. The highest BCUT2D eigenvalue weighted by Crippen LogP contribution is 2.19. The van der Waals surface area contributed by atoms with E-state index in [1.54, 1.807) is 12.1 Å². The minimum absolute atomic E-state index is 0.195. The van der Waals surface area contributed by atoms with Gasteiger partial charge in [-0.3, -0.25) is 9.69 Å². The molecule has 0 unspecified atom stereocenters. The molecule has 0 aromatic heterocycles. The summed E-state index contributed by atoms with van der Waals surface area (Å²) >= 11 is 0. The maximum Gasteiger partial charge on any atom is 0.321 e. The Hall–Kier alpha value is -2.18. The fourth-order valence-electron chi connectivity index (χ4n) is 1.64. The van der Waals surface area contributed by atoms with Crippen LogP contribution in [0.1, 0.15) is 0 Å². The average Bonchev–Trinajstić information content (AvgIpc) is 2.76. The summed E-state index contributed by atoms with van der Waals surface area (Å²) in [6.45, 7) is 1.13. The quantitative estimate of drug-likeness (QED) is 0.858. The van der Waals surface area contributed by atoms with Crippen LogP contribution in [0.15, 0.2) is 24.3 Å². The van der Waals surface area contributed by atoms with Crippen LogP contribution in [-0.4, -0.2) is 31.5 Å². The van der Waals surface area contributed by atoms with Crippen LogP contribution in [0.3, 0.4) is 0 Å². The first-order valence-corrected chi connectivity index (χ1v) is 5.32. The molecule has 1 fully saturated rings. The molecule has 96 valence electrons. The molecule has 5 nitrogen and oxygen atoms in total. The molecule has 2 N–H and O–H groups in total. The van der Waals surface area contributed by atoms with Gasteiger partial charge in [-0.05, 0) is 24.3 Å². The number of alkyl halides is 2. The van der Waals surface area contributed by atoms with E-state index in [1.165, 1.54) is 17.0 Å². The summed E-state index contributed by atoms with van der Waals surface area (Å²) in [4.78, 5) is 23.7. The molecule has 1 saturated heterocycles. The number of hydrogen-bond acceptors (Lipinski definition) is 2. The minimum atomic E-state index is -3.05. The van der Waals surface area contributed by atoms with E-state index < -0.39 is 12.3 Å². The molecule has 0 atom stereocenters. The van der Waals surface area contributed by atoms with Crippen LogP contribution < -0.4 is 15.5 Å². The van der Waals surface area contributed by atoms with Gasteiger partial charge >= 0.3 is 12.5 Å². The molecule has 1 aliphatic rings. The number of urea groups is 1. The average molecular weight is 255 g/mol. The summed E-state index contributed by atoms with van der Waals surface area (Å²) in [7, 11) is 0. The number of carbonyl (C=O) groups is 2. The smallest absolute Gasteiger partial charge is 0.321 e. The Kier molecular flexibility index (Phi) is 3.40. The van der Waals surface area contributed by atoms with Gasteiger partial charge in [0.15, 0.2) is 0 Å². The zero-order chi connectivity index (χ0) is 13.1. The highest BCUT2D eigenvalue weighted by atomic mass is 19.3. The lowest BCUT2D eigenvalue weighted by Crippen LogP contribution is -2.27. The van der Waals surface area contributed by atoms with Crippen molar-refractivity contribution in [3.8, 4) is 0 Å². The van der Waals surface area contributed by atoms with Crippen molar-refractivity contribution >= 4 is 23.3 Å². The Balaban J connectivity index is 2.06. The summed E-state index contributed by atoms with van der Waals surface area (Å²) < 4.78 is 24.0. The first kappa shape index (κ1) is 12.3. The summed E-state index contributed by atoms with van der Waals surface area (Å²) in [5, 5.41) is 4.71. The number of nitrogens with one attached hydrogen (secondary N) is 2. The monoisotopic (exact) mass is 255 g/mol. The molecule has 18 heavy (non-hydrogen) atoms. The van der Waals surface area contributed by atoms with Crippen molar-refractivity contribution < 1.29 is 18.4 Å². The number of rotatable bonds is 3. The standard InChI is InChI=1S/C11H11F2N3O2/c12-9(13)10(17)15-7-1-3-8(4-2-7)16-6-5-14-11(16)18/h1-4,9H,5-6H2,(H,14,18)(H,15,17). The third-order valence-electron chi connectivity index (χ3n) is 2.50. The number of hydrogen-bond donors (Lipinski definition) is 2. The maximum atomic E-state index is 12.0. The van der Waals surface area contributed by atoms with Crippen molar-refractivity contribution in [1.82, 2.24) is 5.32 Å². The topological polar surface area (TPSA) is 61.4 Å². The van der Waals surface area contributed by atoms with Crippen molar-refractivity contribution in [2.45, 2.75) is 6.43 Å². The molecule has 1 aromatic rings. The van der Waals surface area contributed by atoms with E-state index in [0.717, 1.165) is 0 Å². The van der Waals surface area contributed by atoms with E-state index >= 15 is 0 Å². The van der Waals surface area contributed by atoms with Crippen LogP contribution in [0.2, 0.25) is 0 Å². The number of amides is 3. The second-order valence-electron chi connectivity index (χ2n) is 3.72. The molecule has 1 heterocycles. The predicted octanol–water partition coefficient (Wildman–Crippen LogP) is 1.42. The molecule has 1 aromatic carbocycles. The fourth-order valence-corrected chi connectivity index (χ4v) is 1.64. The Morgan fingerprint density at radius 2 is 2.00 bits per heavy atom. The number of anilines is 2. The van der Waals surface area contributed by atoms with Gasteiger partial charge in [0.1, 0.15) is 0 Å². The molecular weight excluding hydrogens is 244 g/mol. The zero-order valence-electron chi connectivity index (χ0n) is 9.32. The molecule has 0 saturated carbocycles. The SMILES string of the molecule is O=C(Nc1ccc(N2CCNC2=O)cc1)C(F)F. The second kappa shape index (κ2) is 4.99. The van der Waals surface area contributed by atoms with Gasteiger partial charge in [-0.25, -0.2) is 4.79 Å². The van der Waals surface area contributed by atoms with Crippen molar-refractivity contribution in [2.75, 3.05) is 23.3 Å². The first-order valence-electron chi connectivity index (χ1n) is 5.32. The highest BCUT2D eigenvalue weighted by Gasteiger charge is 2.21. The molecule has 0 bridgehead atoms. The summed E-state index contributed by atoms with van der Waals surface area (Å²) in [5.41, 5.74) is 0.920. The molecule has 2 rings (SSSR count). The molecule has 7 heteroatoms. The van der Waals surface area contributed by atoms with Gasteiger partial charge in [-0.1, -0.05) is 0 Å². The third kappa shape index (κ3) is 2.55. The molecule has 1 aliphatic heterocycles. The van der Waals surface area contributed by atoms with Crippen LogP contribution in [0.4, 0.5) is 25.0 Å². The molecule has 0 aliphatic carbocycles. The van der Waals surface area contributed by atoms with Gasteiger partial charge in [0.2, 0.25) is 0 Å². The number of benzene rings is 1. The highest BCUT2D eigenvalue weighted by molar-refractivity contribution is 5.95. The van der Waals surface area contributed by atoms with Crippen LogP contribution >= 0.6 is 0 Å². The van der Waals surface area contributed by atoms with E-state index in [4.69, 9.17) is 0 Å². The largest absolute Gasteiger partial charge is 0.336 e. The van der Waals surface area contributed by atoms with Gasteiger partial charge in [-0.2, -0.15) is 8.78 Å². The van der Waals surface area contributed by atoms with E-state index in [2.05, 4.69) is 10.6 Å². The van der Waals surface area contributed by atoms with Gasteiger partial charge in [0.05, 0.1) is 0 Å². The maximum absolute atomic E-state index is 12.0. The van der Waals surface area contributed by atoms with E-state index in [1.807, 2.05) is 0 Å². The van der Waals surface area contributed by atoms with Crippen LogP contribution in [0.5, 0.6) is 0 Å². The van der Waals surface area contributed by atoms with Crippen LogP contribution in [0, 0.1) is 0 Å². The fraction of sp³-hybridized carbons (Fsp3) is 0.273. The Bertz CT molecular complexity index is 462. The van der Waals surface area contributed by atoms with Crippen molar-refractivity contribution in [3.63, 3.8) is 0 Å². The normalized spacial score (nSPS) is 14.8. The number of halogens is 2. The Labute approximate surface area is 102 Å². The molecule has 0 radical (unpaired) electrons. The zero-order valence-corrected chi connectivity index (χ0v) is 9.32. The van der Waals surface area contributed by atoms with Crippen molar-refractivity contribution in [2.24, 2.45) is 0 Å². The van der Waals surface area contributed by atoms with Crippen molar-refractivity contribution in [3.05, 3.63) is 24.3 Å². The summed E-state index contributed by atoms with van der Waals surface area (Å²) in [5.74, 6) is -1.35. The third-order valence-corrected chi connectivity index (χ3v) is 2.50. The van der Waals surface area contributed by atoms with Crippen molar-refractivity contribution in [1.29, 1.82) is 0 Å². The lowest BCUT2D eigenvalue weighted by molar-refractivity contribution is -0.126. The van der Waals surface area contributed by atoms with Gasteiger partial charge in [-0.15, -0.1) is 0 Å². The summed E-state index contributed by atoms with van der Waals surface area (Å²) in [6.07, 6.45) is -3.05. The van der Waals surface area contributed by atoms with E-state index in [9.17, 15) is 18.4 Å². The minimum Gasteiger partial charge on any atom is -0.336 e. The second-order valence-corrected chi connectivity index (χ2v) is 3.72. The van der Waals surface area contributed by atoms with Crippen LogP contribution in [-0.2, 0) is 4.79 Å². The van der Waals surface area contributed by atoms with E-state index in [-0.39, 0.29) is 11.7 Å². The van der Waals surface area contributed by atoms with E-state index in [0.29, 0.717) is 18.8 Å². The number of nitrogens with zero attached hydrogens (tertiary/aromatic N) is 1. The number of carbonyl (C=O) groups excluding carboxylic acids is 2. The lowest BCUT2D eigenvalue weighted by atomic mass is 10.2. The van der Waals surface area contributed by atoms with Gasteiger partial charge in [0.25, 0.3) is 5.91 Å². The molecule has 0 spiro atoms. The Morgan fingerprint density at radius 3 is 2.50 bits per heavy atom. The molecule has 3 amide bonds. The van der Waals surface area contributed by atoms with Gasteiger partial charge in [0, 0.05) is 24.5 Å². The van der Waals surface area contributed by atoms with Gasteiger partial charge < -0.3 is 10.6 Å². The lowest BCUT2D eigenvalue weighted by Gasteiger charge is -2.14. The molecular formula is C11H11F2N3O2.